The standard InChI is InChI=1S/C15H19N3O/c1-17-11-5-9-15(19,12-17)14-8-10-16-18(14)13-6-3-2-4-7-13/h2-4,6-8,10,19H,5,9,11-12H2,1H3. The number of benzene rings is 1. The third-order valence-electron chi connectivity index (χ3n) is 3.78. The lowest BCUT2D eigenvalue weighted by molar-refractivity contribution is -0.0329. The number of para-hydroxylation sites is 1. The molecule has 1 aromatic carbocycles. The van der Waals surface area contributed by atoms with Gasteiger partial charge in [-0.1, -0.05) is 18.2 Å². The number of β-amino-alcohol motifs (C(OH)–C–C–N with tert-alkyl or cyclic N) is 1. The smallest absolute Gasteiger partial charge is 0.119 e. The van der Waals surface area contributed by atoms with Crippen LogP contribution in [0.15, 0.2) is 42.6 Å². The molecule has 0 aliphatic carbocycles. The minimum atomic E-state index is -0.806. The van der Waals surface area contributed by atoms with E-state index in [-0.39, 0.29) is 0 Å². The van der Waals surface area contributed by atoms with Crippen LogP contribution < -0.4 is 0 Å². The molecule has 100 valence electrons. The number of hydrogen-bond donors (Lipinski definition) is 1. The summed E-state index contributed by atoms with van der Waals surface area (Å²) in [4.78, 5) is 2.17. The van der Waals surface area contributed by atoms with Crippen molar-refractivity contribution < 1.29 is 5.11 Å². The van der Waals surface area contributed by atoms with Gasteiger partial charge in [0.05, 0.1) is 11.4 Å². The number of likely N-dealkylation sites (N-methyl/N-ethyl adjacent to an activating group) is 1. The van der Waals surface area contributed by atoms with Gasteiger partial charge in [0.15, 0.2) is 0 Å². The topological polar surface area (TPSA) is 41.3 Å². The molecule has 1 aliphatic heterocycles. The third kappa shape index (κ3) is 2.29. The molecule has 1 saturated heterocycles. The van der Waals surface area contributed by atoms with E-state index in [0.29, 0.717) is 6.54 Å². The lowest BCUT2D eigenvalue weighted by Crippen LogP contribution is -2.45. The summed E-state index contributed by atoms with van der Waals surface area (Å²) in [6.07, 6.45) is 3.55. The summed E-state index contributed by atoms with van der Waals surface area (Å²) in [6.45, 7) is 1.70. The number of likely N-dealkylation sites (tertiary alicyclic amines) is 1. The maximum absolute atomic E-state index is 10.9. The van der Waals surface area contributed by atoms with E-state index >= 15 is 0 Å². The van der Waals surface area contributed by atoms with E-state index in [1.165, 1.54) is 0 Å². The predicted molar refractivity (Wildman–Crippen MR) is 74.2 cm³/mol. The molecular weight excluding hydrogens is 238 g/mol. The molecule has 4 heteroatoms. The Balaban J connectivity index is 2.00. The molecule has 1 aromatic heterocycles. The van der Waals surface area contributed by atoms with E-state index in [9.17, 15) is 5.11 Å². The molecule has 1 atom stereocenters. The van der Waals surface area contributed by atoms with Gasteiger partial charge < -0.3 is 10.0 Å². The zero-order valence-electron chi connectivity index (χ0n) is 11.2. The summed E-state index contributed by atoms with van der Waals surface area (Å²) in [6, 6.07) is 11.9. The first kappa shape index (κ1) is 12.4. The van der Waals surface area contributed by atoms with Gasteiger partial charge in [-0.3, -0.25) is 0 Å². The molecule has 0 radical (unpaired) electrons. The molecule has 2 heterocycles. The SMILES string of the molecule is CN1CCCC(O)(c2ccnn2-c2ccccc2)C1. The molecule has 1 fully saturated rings. The van der Waals surface area contributed by atoms with Crippen LogP contribution in [0.25, 0.3) is 5.69 Å². The molecule has 0 saturated carbocycles. The quantitative estimate of drug-likeness (QED) is 0.891. The molecule has 0 bridgehead atoms. The second kappa shape index (κ2) is 4.79. The first-order valence-corrected chi connectivity index (χ1v) is 6.70. The van der Waals surface area contributed by atoms with Gasteiger partial charge in [0.25, 0.3) is 0 Å². The average Bonchev–Trinajstić information content (AvgIpc) is 2.89. The number of hydrogen-bond acceptors (Lipinski definition) is 3. The molecule has 3 rings (SSSR count). The van der Waals surface area contributed by atoms with Crippen molar-refractivity contribution in [1.82, 2.24) is 14.7 Å². The highest BCUT2D eigenvalue weighted by Crippen LogP contribution is 2.31. The largest absolute Gasteiger partial charge is 0.382 e. The first-order valence-electron chi connectivity index (χ1n) is 6.70. The maximum Gasteiger partial charge on any atom is 0.119 e. The van der Waals surface area contributed by atoms with Crippen molar-refractivity contribution in [2.45, 2.75) is 18.4 Å². The zero-order valence-corrected chi connectivity index (χ0v) is 11.2. The van der Waals surface area contributed by atoms with Crippen molar-refractivity contribution in [3.05, 3.63) is 48.3 Å². The van der Waals surface area contributed by atoms with E-state index in [4.69, 9.17) is 0 Å². The van der Waals surface area contributed by atoms with Crippen LogP contribution in [0.3, 0.4) is 0 Å². The number of rotatable bonds is 2. The molecule has 0 spiro atoms. The molecular formula is C15H19N3O. The lowest BCUT2D eigenvalue weighted by Gasteiger charge is -2.37. The van der Waals surface area contributed by atoms with Crippen LogP contribution in [0.1, 0.15) is 18.5 Å². The minimum absolute atomic E-state index is 0.658. The van der Waals surface area contributed by atoms with Gasteiger partial charge in [-0.25, -0.2) is 4.68 Å². The average molecular weight is 257 g/mol. The van der Waals surface area contributed by atoms with E-state index in [1.807, 2.05) is 48.1 Å². The van der Waals surface area contributed by atoms with Gasteiger partial charge in [0, 0.05) is 12.7 Å². The summed E-state index contributed by atoms with van der Waals surface area (Å²) in [5.74, 6) is 0. The normalized spacial score (nSPS) is 24.5. The molecule has 1 aliphatic rings. The fourth-order valence-corrected chi connectivity index (χ4v) is 2.89. The van der Waals surface area contributed by atoms with Crippen LogP contribution in [-0.4, -0.2) is 39.9 Å². The predicted octanol–water partition coefficient (Wildman–Crippen LogP) is 1.79. The second-order valence-corrected chi connectivity index (χ2v) is 5.34. The van der Waals surface area contributed by atoms with Crippen LogP contribution in [-0.2, 0) is 5.60 Å². The molecule has 2 aromatic rings. The fraction of sp³-hybridized carbons (Fsp3) is 0.400. The van der Waals surface area contributed by atoms with Crippen molar-refractivity contribution in [3.63, 3.8) is 0 Å². The highest BCUT2D eigenvalue weighted by Gasteiger charge is 2.36. The Kier molecular flexibility index (Phi) is 3.12. The third-order valence-corrected chi connectivity index (χ3v) is 3.78. The summed E-state index contributed by atoms with van der Waals surface area (Å²) in [5, 5.41) is 15.3. The minimum Gasteiger partial charge on any atom is -0.382 e. The number of aromatic nitrogens is 2. The summed E-state index contributed by atoms with van der Waals surface area (Å²) in [7, 11) is 2.05. The van der Waals surface area contributed by atoms with Crippen LogP contribution in [0.5, 0.6) is 0 Å². The van der Waals surface area contributed by atoms with Gasteiger partial charge in [-0.15, -0.1) is 0 Å². The summed E-state index contributed by atoms with van der Waals surface area (Å²) < 4.78 is 1.85. The number of piperidine rings is 1. The van der Waals surface area contributed by atoms with E-state index < -0.39 is 5.60 Å². The molecule has 0 amide bonds. The Labute approximate surface area is 113 Å². The van der Waals surface area contributed by atoms with Gasteiger partial charge >= 0.3 is 0 Å². The summed E-state index contributed by atoms with van der Waals surface area (Å²) >= 11 is 0. The molecule has 19 heavy (non-hydrogen) atoms. The highest BCUT2D eigenvalue weighted by atomic mass is 16.3. The first-order chi connectivity index (χ1) is 9.19. The van der Waals surface area contributed by atoms with Crippen molar-refractivity contribution in [2.24, 2.45) is 0 Å². The van der Waals surface area contributed by atoms with Crippen LogP contribution in [0.4, 0.5) is 0 Å². The Bertz CT molecular complexity index is 552. The van der Waals surface area contributed by atoms with Crippen LogP contribution in [0.2, 0.25) is 0 Å². The van der Waals surface area contributed by atoms with Crippen LogP contribution in [0, 0.1) is 0 Å². The Morgan fingerprint density at radius 2 is 2.00 bits per heavy atom. The Morgan fingerprint density at radius 3 is 2.74 bits per heavy atom. The zero-order chi connectivity index (χ0) is 13.3. The van der Waals surface area contributed by atoms with Crippen molar-refractivity contribution in [1.29, 1.82) is 0 Å². The van der Waals surface area contributed by atoms with Crippen molar-refractivity contribution in [2.75, 3.05) is 20.1 Å². The maximum atomic E-state index is 10.9. The van der Waals surface area contributed by atoms with Crippen molar-refractivity contribution >= 4 is 0 Å². The molecule has 1 unspecified atom stereocenters. The van der Waals surface area contributed by atoms with Crippen LogP contribution >= 0.6 is 0 Å². The number of nitrogens with zero attached hydrogens (tertiary/aromatic N) is 3. The van der Waals surface area contributed by atoms with E-state index in [2.05, 4.69) is 10.00 Å². The fourth-order valence-electron chi connectivity index (χ4n) is 2.89. The number of aliphatic hydroxyl groups is 1. The van der Waals surface area contributed by atoms with Gasteiger partial charge in [-0.05, 0) is 44.6 Å². The van der Waals surface area contributed by atoms with E-state index in [1.54, 1.807) is 6.20 Å². The molecule has 1 N–H and O–H groups in total. The highest BCUT2D eigenvalue weighted by molar-refractivity contribution is 5.34. The Hall–Kier alpha value is -1.65. The second-order valence-electron chi connectivity index (χ2n) is 5.34. The monoisotopic (exact) mass is 257 g/mol. The van der Waals surface area contributed by atoms with Gasteiger partial charge in [-0.2, -0.15) is 5.10 Å². The summed E-state index contributed by atoms with van der Waals surface area (Å²) in [5.41, 5.74) is 1.06. The molecule has 4 nitrogen and oxygen atoms in total. The van der Waals surface area contributed by atoms with E-state index in [0.717, 1.165) is 30.8 Å². The Morgan fingerprint density at radius 1 is 1.21 bits per heavy atom. The van der Waals surface area contributed by atoms with Gasteiger partial charge in [0.2, 0.25) is 0 Å². The lowest BCUT2D eigenvalue weighted by atomic mass is 9.89. The van der Waals surface area contributed by atoms with Crippen molar-refractivity contribution in [3.8, 4) is 5.69 Å². The van der Waals surface area contributed by atoms with Gasteiger partial charge in [0.1, 0.15) is 5.60 Å².